The average Bonchev–Trinajstić information content (AvgIpc) is 3.20. The van der Waals surface area contributed by atoms with Crippen LogP contribution in [0.15, 0.2) is 54.7 Å². The van der Waals surface area contributed by atoms with Gasteiger partial charge in [-0.05, 0) is 31.2 Å². The van der Waals surface area contributed by atoms with Gasteiger partial charge in [0.05, 0.1) is 0 Å². The van der Waals surface area contributed by atoms with Crippen LogP contribution in [0.4, 0.5) is 10.9 Å². The van der Waals surface area contributed by atoms with Gasteiger partial charge in [0.2, 0.25) is 5.88 Å². The third kappa shape index (κ3) is 7.40. The third-order valence-corrected chi connectivity index (χ3v) is 4.09. The largest absolute Gasteiger partial charge is 0.439 e. The Morgan fingerprint density at radius 2 is 1.50 bits per heavy atom. The van der Waals surface area contributed by atoms with Crippen LogP contribution < -0.4 is 10.1 Å². The SMILES string of the molecule is CC.CC.CC.Cc1nccc(Nc2nc3ccc(Oc4ccccc4)nc3s2)n1. The van der Waals surface area contributed by atoms with E-state index >= 15 is 0 Å². The maximum atomic E-state index is 5.76. The molecule has 30 heavy (non-hydrogen) atoms. The zero-order valence-electron chi connectivity index (χ0n) is 18.8. The number of rotatable bonds is 4. The molecule has 6 nitrogen and oxygen atoms in total. The molecule has 0 radical (unpaired) electrons. The summed E-state index contributed by atoms with van der Waals surface area (Å²) in [7, 11) is 0. The second-order valence-electron chi connectivity index (χ2n) is 5.02. The number of thiazole rings is 1. The summed E-state index contributed by atoms with van der Waals surface area (Å²) >= 11 is 1.45. The van der Waals surface area contributed by atoms with E-state index < -0.39 is 0 Å². The Labute approximate surface area is 183 Å². The Morgan fingerprint density at radius 1 is 0.800 bits per heavy atom. The predicted molar refractivity (Wildman–Crippen MR) is 128 cm³/mol. The van der Waals surface area contributed by atoms with Gasteiger partial charge in [-0.15, -0.1) is 0 Å². The highest BCUT2D eigenvalue weighted by Gasteiger charge is 2.08. The van der Waals surface area contributed by atoms with Gasteiger partial charge < -0.3 is 10.1 Å². The van der Waals surface area contributed by atoms with E-state index in [1.165, 1.54) is 11.3 Å². The minimum Gasteiger partial charge on any atom is -0.439 e. The van der Waals surface area contributed by atoms with Crippen molar-refractivity contribution in [2.45, 2.75) is 48.5 Å². The summed E-state index contributed by atoms with van der Waals surface area (Å²) in [5.74, 6) is 2.71. The van der Waals surface area contributed by atoms with Gasteiger partial charge >= 0.3 is 0 Å². The van der Waals surface area contributed by atoms with E-state index in [2.05, 4.69) is 25.3 Å². The minimum atomic E-state index is 0.543. The second-order valence-corrected chi connectivity index (χ2v) is 6.00. The monoisotopic (exact) mass is 425 g/mol. The first kappa shape index (κ1) is 25.0. The summed E-state index contributed by atoms with van der Waals surface area (Å²) in [4.78, 5) is 18.2. The van der Waals surface area contributed by atoms with Crippen LogP contribution in [-0.4, -0.2) is 19.9 Å². The molecule has 0 amide bonds. The topological polar surface area (TPSA) is 72.8 Å². The maximum Gasteiger partial charge on any atom is 0.220 e. The standard InChI is InChI=1S/C17H13N5OS.3C2H6/c1-11-18-10-9-14(19-11)21-17-20-13-7-8-15(22-16(13)24-17)23-12-5-3-2-4-6-12;3*1-2/h2-10H,1H3,(H,18,19,20,21);3*1-2H3. The molecular weight excluding hydrogens is 394 g/mol. The number of fused-ring (bicyclic) bond motifs is 1. The van der Waals surface area contributed by atoms with Crippen LogP contribution in [0.2, 0.25) is 0 Å². The van der Waals surface area contributed by atoms with Crippen LogP contribution in [0.5, 0.6) is 11.6 Å². The number of hydrogen-bond acceptors (Lipinski definition) is 7. The highest BCUT2D eigenvalue weighted by Crippen LogP contribution is 2.29. The van der Waals surface area contributed by atoms with Gasteiger partial charge in [-0.3, -0.25) is 0 Å². The molecule has 3 heterocycles. The summed E-state index contributed by atoms with van der Waals surface area (Å²) in [6.07, 6.45) is 1.71. The Morgan fingerprint density at radius 3 is 2.17 bits per heavy atom. The van der Waals surface area contributed by atoms with Crippen LogP contribution in [0.1, 0.15) is 47.4 Å². The van der Waals surface area contributed by atoms with Crippen molar-refractivity contribution in [3.8, 4) is 11.6 Å². The van der Waals surface area contributed by atoms with Crippen molar-refractivity contribution in [3.05, 3.63) is 60.6 Å². The number of aromatic nitrogens is 4. The van der Waals surface area contributed by atoms with Crippen molar-refractivity contribution in [1.82, 2.24) is 19.9 Å². The highest BCUT2D eigenvalue weighted by molar-refractivity contribution is 7.21. The number of ether oxygens (including phenoxy) is 1. The molecule has 0 atom stereocenters. The number of para-hydroxylation sites is 1. The molecule has 0 aliphatic carbocycles. The maximum absolute atomic E-state index is 5.76. The summed E-state index contributed by atoms with van der Waals surface area (Å²) in [5, 5.41) is 3.91. The fourth-order valence-electron chi connectivity index (χ4n) is 2.16. The summed E-state index contributed by atoms with van der Waals surface area (Å²) < 4.78 is 5.76. The average molecular weight is 426 g/mol. The Hall–Kier alpha value is -3.06. The number of nitrogens with one attached hydrogen (secondary N) is 1. The molecule has 4 aromatic rings. The molecule has 3 aromatic heterocycles. The molecule has 0 fully saturated rings. The summed E-state index contributed by atoms with van der Waals surface area (Å²) in [5.41, 5.74) is 0.814. The van der Waals surface area contributed by atoms with Gasteiger partial charge in [0.1, 0.15) is 27.7 Å². The zero-order chi connectivity index (χ0) is 22.4. The normalized spacial score (nSPS) is 9.17. The number of nitrogens with zero attached hydrogens (tertiary/aromatic N) is 4. The lowest BCUT2D eigenvalue weighted by Gasteiger charge is -2.03. The lowest BCUT2D eigenvalue weighted by atomic mass is 10.3. The van der Waals surface area contributed by atoms with Gasteiger partial charge in [0.15, 0.2) is 5.13 Å². The number of pyridine rings is 1. The zero-order valence-corrected chi connectivity index (χ0v) is 19.6. The molecule has 0 aliphatic rings. The number of anilines is 2. The van der Waals surface area contributed by atoms with Gasteiger partial charge in [-0.2, -0.15) is 0 Å². The Kier molecular flexibility index (Phi) is 11.7. The van der Waals surface area contributed by atoms with Crippen LogP contribution in [0, 0.1) is 6.92 Å². The number of benzene rings is 1. The molecule has 0 aliphatic heterocycles. The first-order valence-corrected chi connectivity index (χ1v) is 11.1. The fourth-order valence-corrected chi connectivity index (χ4v) is 2.99. The van der Waals surface area contributed by atoms with E-state index in [1.807, 2.05) is 90.9 Å². The molecule has 1 N–H and O–H groups in total. The molecule has 0 saturated carbocycles. The Balaban J connectivity index is 0.000000691. The summed E-state index contributed by atoms with van der Waals surface area (Å²) in [6.45, 7) is 13.8. The molecule has 160 valence electrons. The van der Waals surface area contributed by atoms with Crippen molar-refractivity contribution < 1.29 is 4.74 Å². The summed E-state index contributed by atoms with van der Waals surface area (Å²) in [6, 6.07) is 15.1. The van der Waals surface area contributed by atoms with Crippen molar-refractivity contribution in [2.75, 3.05) is 5.32 Å². The van der Waals surface area contributed by atoms with Crippen LogP contribution >= 0.6 is 11.3 Å². The van der Waals surface area contributed by atoms with E-state index in [1.54, 1.807) is 12.3 Å². The molecular formula is C23H31N5OS. The minimum absolute atomic E-state index is 0.543. The molecule has 7 heteroatoms. The first-order valence-electron chi connectivity index (χ1n) is 10.3. The van der Waals surface area contributed by atoms with E-state index in [9.17, 15) is 0 Å². The Bertz CT molecular complexity index is 989. The van der Waals surface area contributed by atoms with Gasteiger partial charge in [0.25, 0.3) is 0 Å². The van der Waals surface area contributed by atoms with Crippen molar-refractivity contribution >= 4 is 32.6 Å². The van der Waals surface area contributed by atoms with Crippen LogP contribution in [-0.2, 0) is 0 Å². The highest BCUT2D eigenvalue weighted by atomic mass is 32.1. The lowest BCUT2D eigenvalue weighted by molar-refractivity contribution is 0.465. The molecule has 0 bridgehead atoms. The van der Waals surface area contributed by atoms with E-state index in [0.717, 1.165) is 21.2 Å². The van der Waals surface area contributed by atoms with Crippen molar-refractivity contribution in [1.29, 1.82) is 0 Å². The van der Waals surface area contributed by atoms with Crippen LogP contribution in [0.3, 0.4) is 0 Å². The lowest BCUT2D eigenvalue weighted by Crippen LogP contribution is -1.95. The number of hydrogen-bond donors (Lipinski definition) is 1. The first-order chi connectivity index (χ1) is 14.8. The predicted octanol–water partition coefficient (Wildman–Crippen LogP) is 7.40. The quantitative estimate of drug-likeness (QED) is 0.367. The van der Waals surface area contributed by atoms with Crippen LogP contribution in [0.25, 0.3) is 10.3 Å². The van der Waals surface area contributed by atoms with E-state index in [-0.39, 0.29) is 0 Å². The second kappa shape index (κ2) is 14.0. The van der Waals surface area contributed by atoms with E-state index in [0.29, 0.717) is 17.5 Å². The van der Waals surface area contributed by atoms with Crippen molar-refractivity contribution in [3.63, 3.8) is 0 Å². The fraction of sp³-hybridized carbons (Fsp3) is 0.304. The molecule has 0 saturated heterocycles. The number of aryl methyl sites for hydroxylation is 1. The molecule has 4 rings (SSSR count). The van der Waals surface area contributed by atoms with Gasteiger partial charge in [-0.25, -0.2) is 19.9 Å². The van der Waals surface area contributed by atoms with E-state index in [4.69, 9.17) is 4.74 Å². The van der Waals surface area contributed by atoms with Gasteiger partial charge in [-0.1, -0.05) is 71.1 Å². The molecule has 0 unspecified atom stereocenters. The molecule has 1 aromatic carbocycles. The van der Waals surface area contributed by atoms with Crippen molar-refractivity contribution in [2.24, 2.45) is 0 Å². The smallest absolute Gasteiger partial charge is 0.220 e. The van der Waals surface area contributed by atoms with Gasteiger partial charge in [0, 0.05) is 12.3 Å². The molecule has 0 spiro atoms. The third-order valence-electron chi connectivity index (χ3n) is 3.21.